The van der Waals surface area contributed by atoms with E-state index in [4.69, 9.17) is 5.73 Å². The van der Waals surface area contributed by atoms with Gasteiger partial charge in [0.1, 0.15) is 5.69 Å². The number of nitrogens with zero attached hydrogens (tertiary/aromatic N) is 3. The molecule has 2 fully saturated rings. The number of rotatable bonds is 4. The highest BCUT2D eigenvalue weighted by Gasteiger charge is 2.30. The Morgan fingerprint density at radius 2 is 2.05 bits per heavy atom. The summed E-state index contributed by atoms with van der Waals surface area (Å²) in [6.07, 6.45) is 3.50. The van der Waals surface area contributed by atoms with E-state index in [1.54, 1.807) is 9.80 Å². The van der Waals surface area contributed by atoms with Gasteiger partial charge in [0, 0.05) is 38.4 Å². The molecule has 7 heteroatoms. The largest absolute Gasteiger partial charge is 0.390 e. The number of aliphatic hydroxyl groups excluding tert-OH is 1. The van der Waals surface area contributed by atoms with Crippen molar-refractivity contribution in [2.24, 2.45) is 5.73 Å². The number of hydrogen-bond donors (Lipinski definition) is 2. The smallest absolute Gasteiger partial charge is 0.270 e. The van der Waals surface area contributed by atoms with Gasteiger partial charge in [0.2, 0.25) is 5.91 Å². The van der Waals surface area contributed by atoms with Crippen molar-refractivity contribution in [2.45, 2.75) is 25.0 Å². The van der Waals surface area contributed by atoms with Gasteiger partial charge in [-0.1, -0.05) is 0 Å². The van der Waals surface area contributed by atoms with Crippen molar-refractivity contribution in [3.63, 3.8) is 0 Å². The molecule has 2 heterocycles. The van der Waals surface area contributed by atoms with Gasteiger partial charge < -0.3 is 20.3 Å². The van der Waals surface area contributed by atoms with Crippen molar-refractivity contribution >= 4 is 11.8 Å². The molecule has 2 amide bonds. The average molecular weight is 306 g/mol. The molecule has 0 unspecified atom stereocenters. The Bertz CT molecular complexity index is 567. The van der Waals surface area contributed by atoms with E-state index in [1.165, 1.54) is 0 Å². The molecule has 1 saturated carbocycles. The molecule has 0 radical (unpaired) electrons. The SMILES string of the molecule is NC(=O)CN1CCN(C(=O)c2cccn2C2CC2)C[C@@H](O)C1. The lowest BCUT2D eigenvalue weighted by molar-refractivity contribution is -0.119. The van der Waals surface area contributed by atoms with Crippen LogP contribution in [0.2, 0.25) is 0 Å². The fraction of sp³-hybridized carbons (Fsp3) is 0.600. The van der Waals surface area contributed by atoms with Gasteiger partial charge in [-0.2, -0.15) is 0 Å². The summed E-state index contributed by atoms with van der Waals surface area (Å²) >= 11 is 0. The van der Waals surface area contributed by atoms with Crippen LogP contribution in [0.5, 0.6) is 0 Å². The summed E-state index contributed by atoms with van der Waals surface area (Å²) in [6.45, 7) is 1.77. The van der Waals surface area contributed by atoms with E-state index < -0.39 is 12.0 Å². The number of primary amides is 1. The predicted octanol–water partition coefficient (Wildman–Crippen LogP) is -0.573. The molecule has 120 valence electrons. The third kappa shape index (κ3) is 3.31. The first-order valence-electron chi connectivity index (χ1n) is 7.69. The Kier molecular flexibility index (Phi) is 4.17. The second-order valence-corrected chi connectivity index (χ2v) is 6.14. The number of amides is 2. The van der Waals surface area contributed by atoms with Crippen LogP contribution in [0.4, 0.5) is 0 Å². The summed E-state index contributed by atoms with van der Waals surface area (Å²) in [6, 6.07) is 4.16. The molecule has 0 spiro atoms. The number of nitrogens with two attached hydrogens (primary N) is 1. The topological polar surface area (TPSA) is 91.8 Å². The molecule has 1 aliphatic heterocycles. The van der Waals surface area contributed by atoms with E-state index in [0.717, 1.165) is 12.8 Å². The molecule has 1 aromatic heterocycles. The van der Waals surface area contributed by atoms with Gasteiger partial charge in [-0.25, -0.2) is 0 Å². The number of β-amino-alcohol motifs (C(OH)–C–C–N with tert-alkyl or cyclic N) is 1. The number of aromatic nitrogens is 1. The molecular weight excluding hydrogens is 284 g/mol. The monoisotopic (exact) mass is 306 g/mol. The normalized spacial score (nSPS) is 23.3. The highest BCUT2D eigenvalue weighted by Crippen LogP contribution is 2.36. The molecule has 22 heavy (non-hydrogen) atoms. The molecular formula is C15H22N4O3. The maximum atomic E-state index is 12.7. The van der Waals surface area contributed by atoms with E-state index in [0.29, 0.717) is 31.4 Å². The van der Waals surface area contributed by atoms with Gasteiger partial charge in [-0.15, -0.1) is 0 Å². The van der Waals surface area contributed by atoms with E-state index in [9.17, 15) is 14.7 Å². The fourth-order valence-electron chi connectivity index (χ4n) is 3.01. The first-order valence-corrected chi connectivity index (χ1v) is 7.69. The number of hydrogen-bond acceptors (Lipinski definition) is 4. The van der Waals surface area contributed by atoms with Crippen molar-refractivity contribution < 1.29 is 14.7 Å². The van der Waals surface area contributed by atoms with Crippen LogP contribution in [-0.2, 0) is 4.79 Å². The first kappa shape index (κ1) is 15.1. The average Bonchev–Trinajstić information content (AvgIpc) is 3.21. The first-order chi connectivity index (χ1) is 10.5. The van der Waals surface area contributed by atoms with Gasteiger partial charge in [-0.3, -0.25) is 14.5 Å². The Hall–Kier alpha value is -1.86. The predicted molar refractivity (Wildman–Crippen MR) is 80.2 cm³/mol. The fourth-order valence-corrected chi connectivity index (χ4v) is 3.01. The molecule has 0 bridgehead atoms. The molecule has 1 aromatic rings. The minimum Gasteiger partial charge on any atom is -0.390 e. The third-order valence-corrected chi connectivity index (χ3v) is 4.19. The molecule has 2 aliphatic rings. The lowest BCUT2D eigenvalue weighted by Gasteiger charge is -2.22. The lowest BCUT2D eigenvalue weighted by atomic mass is 10.3. The minimum atomic E-state index is -0.671. The van der Waals surface area contributed by atoms with Gasteiger partial charge in [0.15, 0.2) is 0 Å². The Balaban J connectivity index is 1.69. The van der Waals surface area contributed by atoms with Crippen LogP contribution < -0.4 is 5.73 Å². The minimum absolute atomic E-state index is 0.0584. The second-order valence-electron chi connectivity index (χ2n) is 6.14. The summed E-state index contributed by atoms with van der Waals surface area (Å²) in [7, 11) is 0. The van der Waals surface area contributed by atoms with Crippen LogP contribution in [0.1, 0.15) is 29.4 Å². The third-order valence-electron chi connectivity index (χ3n) is 4.19. The maximum absolute atomic E-state index is 12.7. The van der Waals surface area contributed by atoms with Crippen molar-refractivity contribution in [3.8, 4) is 0 Å². The molecule has 0 aromatic carbocycles. The van der Waals surface area contributed by atoms with Crippen molar-refractivity contribution in [2.75, 3.05) is 32.7 Å². The van der Waals surface area contributed by atoms with E-state index in [1.807, 2.05) is 22.9 Å². The van der Waals surface area contributed by atoms with E-state index in [-0.39, 0.29) is 19.0 Å². The molecule has 1 saturated heterocycles. The van der Waals surface area contributed by atoms with Crippen LogP contribution in [0.25, 0.3) is 0 Å². The van der Waals surface area contributed by atoms with E-state index >= 15 is 0 Å². The highest BCUT2D eigenvalue weighted by molar-refractivity contribution is 5.93. The molecule has 1 aliphatic carbocycles. The number of aliphatic hydroxyl groups is 1. The summed E-state index contributed by atoms with van der Waals surface area (Å²) in [5.41, 5.74) is 5.88. The summed E-state index contributed by atoms with van der Waals surface area (Å²) in [5.74, 6) is -0.480. The van der Waals surface area contributed by atoms with Gasteiger partial charge in [0.05, 0.1) is 12.6 Å². The zero-order chi connectivity index (χ0) is 15.7. The Morgan fingerprint density at radius 1 is 1.27 bits per heavy atom. The second kappa shape index (κ2) is 6.10. The van der Waals surface area contributed by atoms with Crippen LogP contribution >= 0.6 is 0 Å². The van der Waals surface area contributed by atoms with Gasteiger partial charge in [0.25, 0.3) is 5.91 Å². The lowest BCUT2D eigenvalue weighted by Crippen LogP contribution is -2.38. The summed E-state index contributed by atoms with van der Waals surface area (Å²) in [5, 5.41) is 10.1. The highest BCUT2D eigenvalue weighted by atomic mass is 16.3. The molecule has 3 N–H and O–H groups in total. The number of carbonyl (C=O) groups excluding carboxylic acids is 2. The van der Waals surface area contributed by atoms with Crippen LogP contribution in [-0.4, -0.2) is 70.1 Å². The standard InChI is InChI=1S/C15H22N4O3/c16-14(21)10-17-6-7-18(9-12(20)8-17)15(22)13-2-1-5-19(13)11-3-4-11/h1-2,5,11-12,20H,3-4,6-10H2,(H2,16,21)/t12-/m0/s1. The van der Waals surface area contributed by atoms with Gasteiger partial charge in [-0.05, 0) is 25.0 Å². The summed E-state index contributed by atoms with van der Waals surface area (Å²) in [4.78, 5) is 27.2. The molecule has 7 nitrogen and oxygen atoms in total. The van der Waals surface area contributed by atoms with Crippen LogP contribution in [0.3, 0.4) is 0 Å². The quantitative estimate of drug-likeness (QED) is 0.779. The molecule has 3 rings (SSSR count). The van der Waals surface area contributed by atoms with E-state index in [2.05, 4.69) is 0 Å². The van der Waals surface area contributed by atoms with Crippen molar-refractivity contribution in [1.29, 1.82) is 0 Å². The van der Waals surface area contributed by atoms with Gasteiger partial charge >= 0.3 is 0 Å². The van der Waals surface area contributed by atoms with Crippen molar-refractivity contribution in [1.82, 2.24) is 14.4 Å². The number of carbonyl (C=O) groups is 2. The van der Waals surface area contributed by atoms with Crippen molar-refractivity contribution in [3.05, 3.63) is 24.0 Å². The zero-order valence-electron chi connectivity index (χ0n) is 12.5. The zero-order valence-corrected chi connectivity index (χ0v) is 12.5. The Labute approximate surface area is 129 Å². The van der Waals surface area contributed by atoms with Crippen LogP contribution in [0, 0.1) is 0 Å². The Morgan fingerprint density at radius 3 is 2.73 bits per heavy atom. The van der Waals surface area contributed by atoms with Crippen LogP contribution in [0.15, 0.2) is 18.3 Å². The maximum Gasteiger partial charge on any atom is 0.270 e. The molecule has 1 atom stereocenters. The summed E-state index contributed by atoms with van der Waals surface area (Å²) < 4.78 is 2.03.